The van der Waals surface area contributed by atoms with E-state index in [2.05, 4.69) is 5.32 Å². The summed E-state index contributed by atoms with van der Waals surface area (Å²) in [6.45, 7) is 1.74. The maximum atomic E-state index is 13.2. The second kappa shape index (κ2) is 7.61. The summed E-state index contributed by atoms with van der Waals surface area (Å²) >= 11 is 0. The van der Waals surface area contributed by atoms with Gasteiger partial charge in [-0.1, -0.05) is 60.7 Å². The molecule has 3 aromatic carbocycles. The van der Waals surface area contributed by atoms with Crippen LogP contribution in [-0.2, 0) is 4.79 Å². The molecule has 0 saturated carbocycles. The zero-order chi connectivity index (χ0) is 21.3. The number of hydrogen-bond acceptors (Lipinski definition) is 4. The van der Waals surface area contributed by atoms with Crippen LogP contribution in [0.1, 0.15) is 43.0 Å². The molecule has 0 unspecified atom stereocenters. The summed E-state index contributed by atoms with van der Waals surface area (Å²) in [5.74, 6) is -1.24. The van der Waals surface area contributed by atoms with E-state index in [0.29, 0.717) is 22.3 Å². The van der Waals surface area contributed by atoms with Crippen molar-refractivity contribution in [2.24, 2.45) is 0 Å². The number of aryl methyl sites for hydroxylation is 1. The van der Waals surface area contributed by atoms with Gasteiger partial charge in [0.1, 0.15) is 11.6 Å². The first-order valence-electron chi connectivity index (χ1n) is 9.31. The number of anilines is 1. The number of ketones is 2. The van der Waals surface area contributed by atoms with Crippen molar-refractivity contribution in [2.75, 3.05) is 5.32 Å². The van der Waals surface area contributed by atoms with Crippen molar-refractivity contribution in [2.45, 2.75) is 6.92 Å². The second-order valence-corrected chi connectivity index (χ2v) is 6.92. The van der Waals surface area contributed by atoms with Crippen LogP contribution < -0.4 is 5.32 Å². The Hall–Kier alpha value is -4.30. The van der Waals surface area contributed by atoms with Crippen molar-refractivity contribution in [1.29, 1.82) is 5.26 Å². The lowest BCUT2D eigenvalue weighted by Crippen LogP contribution is -2.25. The average Bonchev–Trinajstić information content (AvgIpc) is 2.77. The summed E-state index contributed by atoms with van der Waals surface area (Å²) in [6.07, 6.45) is 1.47. The minimum absolute atomic E-state index is 0.104. The zero-order valence-electron chi connectivity index (χ0n) is 16.1. The smallest absolute Gasteiger partial charge is 0.266 e. The predicted octanol–water partition coefficient (Wildman–Crippen LogP) is 4.32. The average molecular weight is 392 g/mol. The molecule has 0 fully saturated rings. The quantitative estimate of drug-likeness (QED) is 0.416. The van der Waals surface area contributed by atoms with E-state index in [1.807, 2.05) is 12.1 Å². The summed E-state index contributed by atoms with van der Waals surface area (Å²) in [6, 6.07) is 20.8. The van der Waals surface area contributed by atoms with Gasteiger partial charge in [-0.25, -0.2) is 0 Å². The Labute approximate surface area is 173 Å². The van der Waals surface area contributed by atoms with Crippen LogP contribution in [0, 0.1) is 18.3 Å². The molecule has 4 rings (SSSR count). The molecule has 144 valence electrons. The van der Waals surface area contributed by atoms with E-state index in [-0.39, 0.29) is 34.0 Å². The first-order valence-corrected chi connectivity index (χ1v) is 9.31. The molecule has 1 aliphatic carbocycles. The Balaban J connectivity index is 1.77. The molecule has 0 bridgehead atoms. The van der Waals surface area contributed by atoms with E-state index < -0.39 is 5.91 Å². The Morgan fingerprint density at radius 2 is 1.50 bits per heavy atom. The molecular formula is C25H16N2O3. The van der Waals surface area contributed by atoms with Crippen LogP contribution in [0.15, 0.2) is 72.3 Å². The molecule has 5 nitrogen and oxygen atoms in total. The third-order valence-corrected chi connectivity index (χ3v) is 5.02. The Kier molecular flexibility index (Phi) is 4.83. The first-order chi connectivity index (χ1) is 14.5. The molecule has 0 radical (unpaired) electrons. The van der Waals surface area contributed by atoms with Crippen LogP contribution >= 0.6 is 0 Å². The van der Waals surface area contributed by atoms with E-state index in [0.717, 1.165) is 0 Å². The van der Waals surface area contributed by atoms with Gasteiger partial charge in [-0.05, 0) is 30.2 Å². The van der Waals surface area contributed by atoms with Crippen LogP contribution in [-0.4, -0.2) is 17.5 Å². The van der Waals surface area contributed by atoms with Crippen molar-refractivity contribution in [3.63, 3.8) is 0 Å². The van der Waals surface area contributed by atoms with E-state index in [1.165, 1.54) is 6.08 Å². The standard InChI is InChI=1S/C25H16N2O3/c1-15-11-12-20-21(24(29)19-10-6-5-9-18(19)23(20)28)22(15)27-25(30)17(14-26)13-16-7-3-2-4-8-16/h2-13H,1H3,(H,27,30). The van der Waals surface area contributed by atoms with Crippen molar-refractivity contribution >= 4 is 29.2 Å². The van der Waals surface area contributed by atoms with Gasteiger partial charge in [0.2, 0.25) is 0 Å². The number of nitrogens with zero attached hydrogens (tertiary/aromatic N) is 1. The summed E-state index contributed by atoms with van der Waals surface area (Å²) < 4.78 is 0. The summed E-state index contributed by atoms with van der Waals surface area (Å²) in [7, 11) is 0. The second-order valence-electron chi connectivity index (χ2n) is 6.92. The molecule has 3 aromatic rings. The number of nitriles is 1. The SMILES string of the molecule is Cc1ccc2c(c1NC(=O)C(C#N)=Cc1ccccc1)C(=O)c1ccccc1C2=O. The van der Waals surface area contributed by atoms with Gasteiger partial charge >= 0.3 is 0 Å². The van der Waals surface area contributed by atoms with Crippen LogP contribution in [0.4, 0.5) is 5.69 Å². The Morgan fingerprint density at radius 3 is 2.17 bits per heavy atom. The minimum Gasteiger partial charge on any atom is -0.320 e. The Morgan fingerprint density at radius 1 is 0.867 bits per heavy atom. The third-order valence-electron chi connectivity index (χ3n) is 5.02. The molecule has 0 atom stereocenters. The van der Waals surface area contributed by atoms with Gasteiger partial charge in [0.05, 0.1) is 11.3 Å². The lowest BCUT2D eigenvalue weighted by molar-refractivity contribution is -0.112. The molecule has 1 aliphatic rings. The molecule has 0 saturated heterocycles. The number of nitrogens with one attached hydrogen (secondary N) is 1. The summed E-state index contributed by atoms with van der Waals surface area (Å²) in [4.78, 5) is 38.9. The van der Waals surface area contributed by atoms with Gasteiger partial charge in [0.15, 0.2) is 11.6 Å². The van der Waals surface area contributed by atoms with E-state index in [9.17, 15) is 19.6 Å². The predicted molar refractivity (Wildman–Crippen MR) is 113 cm³/mol. The van der Waals surface area contributed by atoms with Crippen LogP contribution in [0.5, 0.6) is 0 Å². The minimum atomic E-state index is -0.642. The normalized spacial score (nSPS) is 12.6. The number of carbonyl (C=O) groups excluding carboxylic acids is 3. The fourth-order valence-electron chi connectivity index (χ4n) is 3.50. The molecule has 30 heavy (non-hydrogen) atoms. The number of fused-ring (bicyclic) bond motifs is 2. The molecule has 0 heterocycles. The van der Waals surface area contributed by atoms with Crippen molar-refractivity contribution in [1.82, 2.24) is 0 Å². The van der Waals surface area contributed by atoms with Gasteiger partial charge in [0, 0.05) is 16.7 Å². The van der Waals surface area contributed by atoms with Crippen LogP contribution in [0.25, 0.3) is 6.08 Å². The molecule has 0 aliphatic heterocycles. The highest BCUT2D eigenvalue weighted by Crippen LogP contribution is 2.34. The highest BCUT2D eigenvalue weighted by Gasteiger charge is 2.32. The van der Waals surface area contributed by atoms with Gasteiger partial charge in [0.25, 0.3) is 5.91 Å². The number of amides is 1. The highest BCUT2D eigenvalue weighted by molar-refractivity contribution is 6.31. The maximum absolute atomic E-state index is 13.2. The van der Waals surface area contributed by atoms with Gasteiger partial charge < -0.3 is 5.32 Å². The van der Waals surface area contributed by atoms with Gasteiger partial charge in [-0.3, -0.25) is 14.4 Å². The summed E-state index contributed by atoms with van der Waals surface area (Å²) in [5.41, 5.74) is 2.52. The van der Waals surface area contributed by atoms with Crippen LogP contribution in [0.3, 0.4) is 0 Å². The Bertz CT molecular complexity index is 1280. The van der Waals surface area contributed by atoms with Crippen molar-refractivity contribution < 1.29 is 14.4 Å². The number of carbonyl (C=O) groups is 3. The summed E-state index contributed by atoms with van der Waals surface area (Å²) in [5, 5.41) is 12.2. The molecule has 5 heteroatoms. The molecule has 1 N–H and O–H groups in total. The highest BCUT2D eigenvalue weighted by atomic mass is 16.2. The third kappa shape index (κ3) is 3.21. The number of hydrogen-bond donors (Lipinski definition) is 1. The molecule has 1 amide bonds. The van der Waals surface area contributed by atoms with Crippen LogP contribution in [0.2, 0.25) is 0 Å². The molecular weight excluding hydrogens is 376 g/mol. The maximum Gasteiger partial charge on any atom is 0.266 e. The fraction of sp³-hybridized carbons (Fsp3) is 0.0400. The largest absolute Gasteiger partial charge is 0.320 e. The first kappa shape index (κ1) is 19.0. The van der Waals surface area contributed by atoms with E-state index in [1.54, 1.807) is 67.6 Å². The number of benzene rings is 3. The van der Waals surface area contributed by atoms with E-state index >= 15 is 0 Å². The lowest BCUT2D eigenvalue weighted by atomic mass is 9.82. The van der Waals surface area contributed by atoms with Gasteiger partial charge in [-0.2, -0.15) is 5.26 Å². The monoisotopic (exact) mass is 392 g/mol. The number of rotatable bonds is 3. The lowest BCUT2D eigenvalue weighted by Gasteiger charge is -2.21. The topological polar surface area (TPSA) is 87.0 Å². The van der Waals surface area contributed by atoms with E-state index in [4.69, 9.17) is 0 Å². The van der Waals surface area contributed by atoms with Gasteiger partial charge in [-0.15, -0.1) is 0 Å². The molecule has 0 aromatic heterocycles. The van der Waals surface area contributed by atoms with Crippen molar-refractivity contribution in [3.8, 4) is 6.07 Å². The molecule has 0 spiro atoms. The fourth-order valence-corrected chi connectivity index (χ4v) is 3.50. The van der Waals surface area contributed by atoms with Crippen molar-refractivity contribution in [3.05, 3.63) is 106 Å². The zero-order valence-corrected chi connectivity index (χ0v) is 16.1.